The number of amides is 4. The van der Waals surface area contributed by atoms with Crippen LogP contribution in [0.1, 0.15) is 29.3 Å². The van der Waals surface area contributed by atoms with Gasteiger partial charge in [0.2, 0.25) is 23.6 Å². The summed E-state index contributed by atoms with van der Waals surface area (Å²) in [5.41, 5.74) is 5.49. The molecule has 0 unspecified atom stereocenters. The Bertz CT molecular complexity index is 1230. The third-order valence-electron chi connectivity index (χ3n) is 6.33. The Hall–Kier alpha value is -4.09. The van der Waals surface area contributed by atoms with Crippen LogP contribution in [-0.4, -0.2) is 117 Å². The molecule has 1 aromatic carbocycles. The van der Waals surface area contributed by atoms with Gasteiger partial charge in [0.25, 0.3) is 0 Å². The molecular formula is C24H31N5O11S. The molecule has 0 spiro atoms. The molecule has 0 radical (unpaired) electrons. The fourth-order valence-electron chi connectivity index (χ4n) is 4.27. The number of aliphatic hydroxyl groups excluding tert-OH is 1. The van der Waals surface area contributed by atoms with E-state index in [2.05, 4.69) is 16.0 Å². The molecule has 0 bridgehead atoms. The molecule has 3 rings (SSSR count). The summed E-state index contributed by atoms with van der Waals surface area (Å²) < 4.78 is 5.22. The Morgan fingerprint density at radius 3 is 2.59 bits per heavy atom. The van der Waals surface area contributed by atoms with Crippen molar-refractivity contribution >= 4 is 47.3 Å². The number of thioether (sulfide) groups is 1. The van der Waals surface area contributed by atoms with Gasteiger partial charge in [0, 0.05) is 29.7 Å². The Balaban J connectivity index is 1.92. The minimum Gasteiger partial charge on any atom is -0.508 e. The van der Waals surface area contributed by atoms with Gasteiger partial charge in [-0.2, -0.15) is 11.8 Å². The highest BCUT2D eigenvalue weighted by Gasteiger charge is 2.43. The topological polar surface area (TPSA) is 258 Å². The summed E-state index contributed by atoms with van der Waals surface area (Å²) in [7, 11) is 0. The molecule has 224 valence electrons. The molecule has 1 saturated heterocycles. The second-order valence-corrected chi connectivity index (χ2v) is 10.5. The number of nitrogens with two attached hydrogens (primary N) is 1. The van der Waals surface area contributed by atoms with E-state index in [1.807, 2.05) is 0 Å². The molecule has 0 aromatic heterocycles. The number of likely N-dealkylation sites (tertiary alicyclic amines) is 1. The summed E-state index contributed by atoms with van der Waals surface area (Å²) in [6.07, 6.45) is -1.21. The number of benzene rings is 1. The van der Waals surface area contributed by atoms with Gasteiger partial charge in [0.05, 0.1) is 17.7 Å². The van der Waals surface area contributed by atoms with Gasteiger partial charge in [-0.15, -0.1) is 0 Å². The maximum Gasteiger partial charge on any atom is 0.338 e. The fraction of sp³-hybridized carbons (Fsp3) is 0.500. The first-order valence-corrected chi connectivity index (χ1v) is 13.6. The van der Waals surface area contributed by atoms with Crippen molar-refractivity contribution in [3.63, 3.8) is 0 Å². The number of aromatic hydroxyl groups is 2. The predicted octanol–water partition coefficient (Wildman–Crippen LogP) is -3.02. The number of esters is 1. The number of ether oxygens (including phenoxy) is 1. The van der Waals surface area contributed by atoms with Crippen LogP contribution in [0, 0.1) is 0 Å². The minimum absolute atomic E-state index is 0.0261. The van der Waals surface area contributed by atoms with Gasteiger partial charge < -0.3 is 51.7 Å². The third-order valence-corrected chi connectivity index (χ3v) is 7.39. The van der Waals surface area contributed by atoms with Crippen molar-refractivity contribution < 1.29 is 53.9 Å². The standard InChI is InChI=1S/C24H31N5O11S/c1-10(25)23(38)29-3-2-16(31)19(29)22(37)27-14-7-40-24(39)12-4-11(30)5-17(32)13(12)8-41-9-15(28-21(14)36)20(35)26-6-18(33)34/h4-5,10,14-16,19,30-32H,2-3,6-9,25H2,1H3,(H,26,35)(H,27,37)(H,28,36)(H,33,34)/t10-,14-,15-,16+,19-/m0/s1. The Labute approximate surface area is 237 Å². The maximum atomic E-state index is 13.2. The first-order chi connectivity index (χ1) is 19.3. The highest BCUT2D eigenvalue weighted by atomic mass is 32.2. The van der Waals surface area contributed by atoms with Gasteiger partial charge in [0.1, 0.15) is 42.8 Å². The number of carbonyl (C=O) groups excluding carboxylic acids is 5. The van der Waals surface area contributed by atoms with Crippen LogP contribution in [0.4, 0.5) is 0 Å². The van der Waals surface area contributed by atoms with Gasteiger partial charge in [-0.25, -0.2) is 4.79 Å². The van der Waals surface area contributed by atoms with Crippen LogP contribution in [0.3, 0.4) is 0 Å². The van der Waals surface area contributed by atoms with Crippen molar-refractivity contribution in [1.29, 1.82) is 0 Å². The number of nitrogens with zero attached hydrogens (tertiary/aromatic N) is 1. The average molecular weight is 598 g/mol. The van der Waals surface area contributed by atoms with Gasteiger partial charge >= 0.3 is 11.9 Å². The van der Waals surface area contributed by atoms with Crippen molar-refractivity contribution in [3.05, 3.63) is 23.3 Å². The molecule has 0 saturated carbocycles. The summed E-state index contributed by atoms with van der Waals surface area (Å²) in [5, 5.41) is 46.4. The summed E-state index contributed by atoms with van der Waals surface area (Å²) >= 11 is 0.998. The van der Waals surface area contributed by atoms with Crippen molar-refractivity contribution in [1.82, 2.24) is 20.9 Å². The molecular weight excluding hydrogens is 566 g/mol. The molecule has 16 nitrogen and oxygen atoms in total. The molecule has 1 fully saturated rings. The van der Waals surface area contributed by atoms with Crippen LogP contribution in [0.2, 0.25) is 0 Å². The van der Waals surface area contributed by atoms with Crippen LogP contribution in [0.5, 0.6) is 11.5 Å². The Morgan fingerprint density at radius 2 is 1.93 bits per heavy atom. The highest BCUT2D eigenvalue weighted by molar-refractivity contribution is 7.98. The third kappa shape index (κ3) is 7.77. The zero-order chi connectivity index (χ0) is 30.4. The first kappa shape index (κ1) is 31.4. The molecule has 17 heteroatoms. The van der Waals surface area contributed by atoms with E-state index >= 15 is 0 Å². The van der Waals surface area contributed by atoms with E-state index in [9.17, 15) is 44.1 Å². The molecule has 4 amide bonds. The number of carboxylic acids is 1. The quantitative estimate of drug-likeness (QED) is 0.152. The molecule has 0 aliphatic carbocycles. The largest absolute Gasteiger partial charge is 0.508 e. The van der Waals surface area contributed by atoms with E-state index in [0.717, 1.165) is 28.8 Å². The second kappa shape index (κ2) is 13.5. The van der Waals surface area contributed by atoms with E-state index in [1.165, 1.54) is 6.92 Å². The lowest BCUT2D eigenvalue weighted by Gasteiger charge is -2.29. The number of hydrogen-bond acceptors (Lipinski definition) is 12. The first-order valence-electron chi connectivity index (χ1n) is 12.4. The lowest BCUT2D eigenvalue weighted by molar-refractivity contribution is -0.142. The maximum absolute atomic E-state index is 13.2. The van der Waals surface area contributed by atoms with E-state index < -0.39 is 90.5 Å². The average Bonchev–Trinajstić information content (AvgIpc) is 3.29. The molecule has 5 atom stereocenters. The number of aliphatic hydroxyl groups is 1. The monoisotopic (exact) mass is 597 g/mol. The smallest absolute Gasteiger partial charge is 0.338 e. The van der Waals surface area contributed by atoms with Crippen molar-refractivity contribution in [2.45, 2.75) is 49.4 Å². The van der Waals surface area contributed by atoms with E-state index in [-0.39, 0.29) is 35.6 Å². The SMILES string of the molecule is C[C@H](N)C(=O)N1CC[C@@H](O)[C@H]1C(=O)N[C@H]1COC(=O)c2cc(O)cc(O)c2CSC[C@@H](C(=O)NCC(=O)O)NC1=O. The molecule has 2 heterocycles. The number of fused-ring (bicyclic) bond motifs is 1. The number of rotatable bonds is 6. The molecule has 9 N–H and O–H groups in total. The van der Waals surface area contributed by atoms with Crippen LogP contribution in [-0.2, 0) is 34.5 Å². The van der Waals surface area contributed by atoms with Crippen LogP contribution in [0.15, 0.2) is 12.1 Å². The Kier molecular flexibility index (Phi) is 10.4. The van der Waals surface area contributed by atoms with Gasteiger partial charge in [-0.1, -0.05) is 0 Å². The normalized spacial score (nSPS) is 24.0. The van der Waals surface area contributed by atoms with E-state index in [4.69, 9.17) is 15.6 Å². The number of phenolic OH excluding ortho intramolecular Hbond substituents is 2. The fourth-order valence-corrected chi connectivity index (χ4v) is 5.37. The molecule has 1 aromatic rings. The number of hydrogen-bond donors (Lipinski definition) is 8. The van der Waals surface area contributed by atoms with Gasteiger partial charge in [-0.3, -0.25) is 24.0 Å². The molecule has 2 aliphatic heterocycles. The summed E-state index contributed by atoms with van der Waals surface area (Å²) in [5.74, 6) is -6.87. The number of carbonyl (C=O) groups is 6. The van der Waals surface area contributed by atoms with Gasteiger partial charge in [-0.05, 0) is 19.4 Å². The minimum atomic E-state index is -1.64. The predicted molar refractivity (Wildman–Crippen MR) is 140 cm³/mol. The summed E-state index contributed by atoms with van der Waals surface area (Å²) in [6.45, 7) is -0.0898. The number of carboxylic acid groups (broad SMARTS) is 1. The van der Waals surface area contributed by atoms with E-state index in [0.29, 0.717) is 0 Å². The van der Waals surface area contributed by atoms with Crippen molar-refractivity contribution in [2.75, 3.05) is 25.4 Å². The van der Waals surface area contributed by atoms with Crippen LogP contribution < -0.4 is 21.7 Å². The zero-order valence-electron chi connectivity index (χ0n) is 21.9. The van der Waals surface area contributed by atoms with Crippen molar-refractivity contribution in [3.8, 4) is 11.5 Å². The molecule has 2 aliphatic rings. The second-order valence-electron chi connectivity index (χ2n) is 9.46. The highest BCUT2D eigenvalue weighted by Crippen LogP contribution is 2.31. The molecule has 41 heavy (non-hydrogen) atoms. The van der Waals surface area contributed by atoms with Crippen LogP contribution >= 0.6 is 11.8 Å². The lowest BCUT2D eigenvalue weighted by Crippen LogP contribution is -2.60. The van der Waals surface area contributed by atoms with Crippen LogP contribution in [0.25, 0.3) is 0 Å². The lowest BCUT2D eigenvalue weighted by atomic mass is 10.1. The number of nitrogens with one attached hydrogen (secondary N) is 3. The zero-order valence-corrected chi connectivity index (χ0v) is 22.7. The summed E-state index contributed by atoms with van der Waals surface area (Å²) in [6, 6.07) is -3.30. The summed E-state index contributed by atoms with van der Waals surface area (Å²) in [4.78, 5) is 76.5. The number of cyclic esters (lactones) is 1. The van der Waals surface area contributed by atoms with Gasteiger partial charge in [0.15, 0.2) is 0 Å². The van der Waals surface area contributed by atoms with Crippen molar-refractivity contribution in [2.24, 2.45) is 5.73 Å². The number of phenols is 2. The van der Waals surface area contributed by atoms with E-state index in [1.54, 1.807) is 0 Å². The Morgan fingerprint density at radius 1 is 1.22 bits per heavy atom. The number of aliphatic carboxylic acids is 1.